The molecule has 16 heavy (non-hydrogen) atoms. The van der Waals surface area contributed by atoms with Gasteiger partial charge in [0.15, 0.2) is 0 Å². The van der Waals surface area contributed by atoms with Crippen molar-refractivity contribution < 1.29 is 4.79 Å². The lowest BCUT2D eigenvalue weighted by molar-refractivity contribution is -0.117. The van der Waals surface area contributed by atoms with Gasteiger partial charge in [0.1, 0.15) is 17.9 Å². The summed E-state index contributed by atoms with van der Waals surface area (Å²) < 4.78 is 2.10. The van der Waals surface area contributed by atoms with Crippen LogP contribution in [0.1, 0.15) is 32.0 Å². The number of nitrogens with zero attached hydrogens (tertiary/aromatic N) is 4. The number of Topliss-reactive ketones (excluding diaryl/α,β-unsaturated/α-hetero) is 1. The Kier molecular flexibility index (Phi) is 3.66. The Morgan fingerprint density at radius 2 is 2.31 bits per heavy atom. The Balaban J connectivity index is 1.71. The second-order valence-corrected chi connectivity index (χ2v) is 4.38. The van der Waals surface area contributed by atoms with Crippen molar-refractivity contribution >= 4 is 5.78 Å². The monoisotopic (exact) mass is 222 g/mol. The Bertz CT molecular complexity index is 361. The lowest BCUT2D eigenvalue weighted by Crippen LogP contribution is -2.34. The number of hydrogen-bond acceptors (Lipinski definition) is 4. The molecule has 0 atom stereocenters. The van der Waals surface area contributed by atoms with E-state index in [1.54, 1.807) is 13.3 Å². The summed E-state index contributed by atoms with van der Waals surface area (Å²) in [7, 11) is 0. The maximum Gasteiger partial charge on any atom is 0.147 e. The van der Waals surface area contributed by atoms with E-state index in [4.69, 9.17) is 0 Å². The Morgan fingerprint density at radius 1 is 1.44 bits per heavy atom. The van der Waals surface area contributed by atoms with Gasteiger partial charge in [-0.05, 0) is 26.3 Å². The SMILES string of the molecule is CC(=O)CCCCN1CCn2cnnc2C1. The molecule has 88 valence electrons. The summed E-state index contributed by atoms with van der Waals surface area (Å²) in [4.78, 5) is 13.2. The van der Waals surface area contributed by atoms with Gasteiger partial charge in [-0.25, -0.2) is 0 Å². The largest absolute Gasteiger partial charge is 0.315 e. The van der Waals surface area contributed by atoms with Crippen molar-refractivity contribution in [2.75, 3.05) is 13.1 Å². The topological polar surface area (TPSA) is 51.0 Å². The van der Waals surface area contributed by atoms with Crippen LogP contribution in [0.2, 0.25) is 0 Å². The number of unbranched alkanes of at least 4 members (excludes halogenated alkanes) is 1. The van der Waals surface area contributed by atoms with Crippen molar-refractivity contribution in [3.05, 3.63) is 12.2 Å². The molecule has 0 aliphatic carbocycles. The average Bonchev–Trinajstić information content (AvgIpc) is 2.71. The minimum absolute atomic E-state index is 0.290. The van der Waals surface area contributed by atoms with Gasteiger partial charge in [-0.15, -0.1) is 10.2 Å². The van der Waals surface area contributed by atoms with E-state index in [1.807, 2.05) is 0 Å². The van der Waals surface area contributed by atoms with Crippen LogP contribution < -0.4 is 0 Å². The van der Waals surface area contributed by atoms with E-state index in [9.17, 15) is 4.79 Å². The molecular weight excluding hydrogens is 204 g/mol. The first-order valence-corrected chi connectivity index (χ1v) is 5.84. The molecule has 2 rings (SSSR count). The molecule has 0 unspecified atom stereocenters. The summed E-state index contributed by atoms with van der Waals surface area (Å²) in [5.74, 6) is 1.34. The van der Waals surface area contributed by atoms with Gasteiger partial charge in [0, 0.05) is 19.5 Å². The van der Waals surface area contributed by atoms with E-state index < -0.39 is 0 Å². The first-order valence-electron chi connectivity index (χ1n) is 5.84. The zero-order chi connectivity index (χ0) is 11.4. The summed E-state index contributed by atoms with van der Waals surface area (Å²) in [6.07, 6.45) is 4.60. The Labute approximate surface area is 95.5 Å². The van der Waals surface area contributed by atoms with Crippen LogP contribution in [-0.4, -0.2) is 38.5 Å². The summed E-state index contributed by atoms with van der Waals surface area (Å²) in [6.45, 7) is 5.64. The molecular formula is C11H18N4O. The Hall–Kier alpha value is -1.23. The van der Waals surface area contributed by atoms with Crippen LogP contribution in [0.4, 0.5) is 0 Å². The fourth-order valence-corrected chi connectivity index (χ4v) is 2.02. The van der Waals surface area contributed by atoms with Crippen LogP contribution in [0.15, 0.2) is 6.33 Å². The summed E-state index contributed by atoms with van der Waals surface area (Å²) in [6, 6.07) is 0. The van der Waals surface area contributed by atoms with Crippen LogP contribution in [0, 0.1) is 0 Å². The molecule has 0 radical (unpaired) electrons. The first-order chi connectivity index (χ1) is 7.75. The molecule has 0 amide bonds. The number of aromatic nitrogens is 3. The summed E-state index contributed by atoms with van der Waals surface area (Å²) >= 11 is 0. The van der Waals surface area contributed by atoms with Crippen molar-refractivity contribution in [1.82, 2.24) is 19.7 Å². The molecule has 0 bridgehead atoms. The number of fused-ring (bicyclic) bond motifs is 1. The van der Waals surface area contributed by atoms with Gasteiger partial charge >= 0.3 is 0 Å². The molecule has 1 aromatic heterocycles. The standard InChI is InChI=1S/C11H18N4O/c1-10(16)4-2-3-5-14-6-7-15-9-12-13-11(15)8-14/h9H,2-8H2,1H3. The smallest absolute Gasteiger partial charge is 0.147 e. The molecule has 0 saturated heterocycles. The lowest BCUT2D eigenvalue weighted by Gasteiger charge is -2.26. The number of ketones is 1. The van der Waals surface area contributed by atoms with Crippen molar-refractivity contribution in [3.8, 4) is 0 Å². The predicted octanol–water partition coefficient (Wildman–Crippen LogP) is 0.853. The molecule has 5 nitrogen and oxygen atoms in total. The molecule has 0 fully saturated rings. The van der Waals surface area contributed by atoms with Gasteiger partial charge in [0.2, 0.25) is 0 Å². The molecule has 1 aromatic rings. The molecule has 1 aliphatic heterocycles. The quantitative estimate of drug-likeness (QED) is 0.693. The van der Waals surface area contributed by atoms with E-state index in [-0.39, 0.29) is 0 Å². The highest BCUT2D eigenvalue weighted by Crippen LogP contribution is 2.10. The first kappa shape index (κ1) is 11.3. The van der Waals surface area contributed by atoms with Crippen molar-refractivity contribution in [2.45, 2.75) is 39.3 Å². The lowest BCUT2D eigenvalue weighted by atomic mass is 10.2. The van der Waals surface area contributed by atoms with E-state index in [0.29, 0.717) is 12.2 Å². The molecule has 0 N–H and O–H groups in total. The molecule has 5 heteroatoms. The third kappa shape index (κ3) is 2.88. The van der Waals surface area contributed by atoms with Crippen molar-refractivity contribution in [2.24, 2.45) is 0 Å². The minimum atomic E-state index is 0.290. The zero-order valence-corrected chi connectivity index (χ0v) is 9.72. The summed E-state index contributed by atoms with van der Waals surface area (Å²) in [5.41, 5.74) is 0. The molecule has 0 saturated carbocycles. The predicted molar refractivity (Wildman–Crippen MR) is 59.8 cm³/mol. The normalized spacial score (nSPS) is 16.1. The number of carbonyl (C=O) groups excluding carboxylic acids is 1. The van der Waals surface area contributed by atoms with Gasteiger partial charge in [0.25, 0.3) is 0 Å². The van der Waals surface area contributed by atoms with E-state index in [2.05, 4.69) is 19.7 Å². The van der Waals surface area contributed by atoms with Crippen LogP contribution in [0.3, 0.4) is 0 Å². The van der Waals surface area contributed by atoms with E-state index in [1.165, 1.54) is 0 Å². The molecule has 1 aliphatic rings. The molecule has 2 heterocycles. The van der Waals surface area contributed by atoms with Gasteiger partial charge in [0.05, 0.1) is 6.54 Å². The van der Waals surface area contributed by atoms with Crippen molar-refractivity contribution in [3.63, 3.8) is 0 Å². The van der Waals surface area contributed by atoms with E-state index in [0.717, 1.165) is 44.8 Å². The highest BCUT2D eigenvalue weighted by atomic mass is 16.1. The zero-order valence-electron chi connectivity index (χ0n) is 9.72. The van der Waals surface area contributed by atoms with Gasteiger partial charge < -0.3 is 9.36 Å². The summed E-state index contributed by atoms with van der Waals surface area (Å²) in [5, 5.41) is 7.98. The van der Waals surface area contributed by atoms with Crippen LogP contribution >= 0.6 is 0 Å². The average molecular weight is 222 g/mol. The molecule has 0 aromatic carbocycles. The maximum absolute atomic E-state index is 10.8. The third-order valence-corrected chi connectivity index (χ3v) is 2.97. The maximum atomic E-state index is 10.8. The number of carbonyl (C=O) groups is 1. The highest BCUT2D eigenvalue weighted by Gasteiger charge is 2.16. The van der Waals surface area contributed by atoms with E-state index >= 15 is 0 Å². The van der Waals surface area contributed by atoms with Crippen molar-refractivity contribution in [1.29, 1.82) is 0 Å². The number of rotatable bonds is 5. The fraction of sp³-hybridized carbons (Fsp3) is 0.727. The second-order valence-electron chi connectivity index (χ2n) is 4.38. The number of hydrogen-bond donors (Lipinski definition) is 0. The van der Waals surface area contributed by atoms with Crippen LogP contribution in [0.25, 0.3) is 0 Å². The van der Waals surface area contributed by atoms with Gasteiger partial charge in [-0.1, -0.05) is 0 Å². The molecule has 0 spiro atoms. The van der Waals surface area contributed by atoms with Crippen LogP contribution in [-0.2, 0) is 17.9 Å². The highest BCUT2D eigenvalue weighted by molar-refractivity contribution is 5.75. The minimum Gasteiger partial charge on any atom is -0.315 e. The van der Waals surface area contributed by atoms with Gasteiger partial charge in [-0.3, -0.25) is 4.90 Å². The third-order valence-electron chi connectivity index (χ3n) is 2.97. The van der Waals surface area contributed by atoms with Crippen LogP contribution in [0.5, 0.6) is 0 Å². The van der Waals surface area contributed by atoms with Gasteiger partial charge in [-0.2, -0.15) is 0 Å². The Morgan fingerprint density at radius 3 is 3.12 bits per heavy atom. The fourth-order valence-electron chi connectivity index (χ4n) is 2.02. The second kappa shape index (κ2) is 5.21.